The van der Waals surface area contributed by atoms with Gasteiger partial charge >= 0.3 is 0 Å². The lowest BCUT2D eigenvalue weighted by molar-refractivity contribution is 0.0748. The summed E-state index contributed by atoms with van der Waals surface area (Å²) in [4.78, 5) is 15.8. The number of aliphatic hydroxyl groups is 1. The number of rotatable bonds is 1. The molecule has 2 heterocycles. The third-order valence-electron chi connectivity index (χ3n) is 3.15. The van der Waals surface area contributed by atoms with Gasteiger partial charge in [0.2, 0.25) is 0 Å². The maximum Gasteiger partial charge on any atom is 0.264 e. The quantitative estimate of drug-likeness (QED) is 0.787. The summed E-state index contributed by atoms with van der Waals surface area (Å²) in [6, 6.07) is 3.98. The first-order valence-corrected chi connectivity index (χ1v) is 6.94. The van der Waals surface area contributed by atoms with Gasteiger partial charge in [-0.3, -0.25) is 4.79 Å². The van der Waals surface area contributed by atoms with Gasteiger partial charge in [0.1, 0.15) is 6.61 Å². The monoisotopic (exact) mass is 263 g/mol. The van der Waals surface area contributed by atoms with Crippen LogP contribution < -0.4 is 0 Å². The van der Waals surface area contributed by atoms with Crippen molar-refractivity contribution in [1.82, 2.24) is 4.90 Å². The van der Waals surface area contributed by atoms with Gasteiger partial charge in [0.25, 0.3) is 5.91 Å². The summed E-state index contributed by atoms with van der Waals surface area (Å²) in [6.07, 6.45) is 1.08. The Morgan fingerprint density at radius 1 is 1.56 bits per heavy atom. The summed E-state index contributed by atoms with van der Waals surface area (Å²) >= 11 is 1.40. The topological polar surface area (TPSA) is 40.5 Å². The van der Waals surface area contributed by atoms with E-state index in [2.05, 4.69) is 25.7 Å². The Morgan fingerprint density at radius 2 is 2.33 bits per heavy atom. The van der Waals surface area contributed by atoms with Crippen LogP contribution in [0, 0.1) is 17.8 Å². The first-order valence-electron chi connectivity index (χ1n) is 6.12. The molecule has 4 heteroatoms. The molecule has 3 nitrogen and oxygen atoms in total. The largest absolute Gasteiger partial charge is 0.384 e. The van der Waals surface area contributed by atoms with Crippen molar-refractivity contribution in [2.75, 3.05) is 13.2 Å². The molecule has 0 saturated carbocycles. The van der Waals surface area contributed by atoms with Crippen LogP contribution in [0.4, 0.5) is 0 Å². The third-order valence-corrected chi connectivity index (χ3v) is 4.14. The van der Waals surface area contributed by atoms with Gasteiger partial charge < -0.3 is 10.0 Å². The molecule has 18 heavy (non-hydrogen) atoms. The van der Waals surface area contributed by atoms with E-state index in [1.54, 1.807) is 0 Å². The van der Waals surface area contributed by atoms with Crippen LogP contribution >= 0.6 is 11.3 Å². The zero-order valence-electron chi connectivity index (χ0n) is 10.6. The third kappa shape index (κ3) is 2.74. The Morgan fingerprint density at radius 3 is 2.94 bits per heavy atom. The number of aliphatic hydroxyl groups excluding tert-OH is 1. The van der Waals surface area contributed by atoms with Crippen molar-refractivity contribution in [2.45, 2.75) is 26.3 Å². The van der Waals surface area contributed by atoms with E-state index in [0.717, 1.165) is 22.7 Å². The SMILES string of the molecule is CC1CC(C)N(C(=O)c2ccc(C#CCO)s2)C1. The Hall–Kier alpha value is -1.31. The van der Waals surface area contributed by atoms with Crippen molar-refractivity contribution in [1.29, 1.82) is 0 Å². The predicted octanol–water partition coefficient (Wildman–Crippen LogP) is 1.96. The predicted molar refractivity (Wildman–Crippen MR) is 72.6 cm³/mol. The van der Waals surface area contributed by atoms with Crippen LogP contribution in [0.1, 0.15) is 34.8 Å². The van der Waals surface area contributed by atoms with Crippen LogP contribution in [0.2, 0.25) is 0 Å². The highest BCUT2D eigenvalue weighted by Crippen LogP contribution is 2.26. The number of carbonyl (C=O) groups is 1. The van der Waals surface area contributed by atoms with E-state index < -0.39 is 0 Å². The van der Waals surface area contributed by atoms with E-state index >= 15 is 0 Å². The van der Waals surface area contributed by atoms with Crippen LogP contribution in [-0.2, 0) is 0 Å². The van der Waals surface area contributed by atoms with E-state index in [1.807, 2.05) is 17.0 Å². The van der Waals surface area contributed by atoms with Gasteiger partial charge in [0, 0.05) is 12.6 Å². The fourth-order valence-corrected chi connectivity index (χ4v) is 3.21. The van der Waals surface area contributed by atoms with Gasteiger partial charge in [-0.2, -0.15) is 0 Å². The highest BCUT2D eigenvalue weighted by molar-refractivity contribution is 7.14. The minimum atomic E-state index is -0.151. The average molecular weight is 263 g/mol. The second-order valence-corrected chi connectivity index (χ2v) is 5.85. The van der Waals surface area contributed by atoms with Gasteiger partial charge in [-0.15, -0.1) is 11.3 Å². The molecule has 0 radical (unpaired) electrons. The molecule has 1 amide bonds. The molecule has 2 atom stereocenters. The Balaban J connectivity index is 2.12. The standard InChI is InChI=1S/C14H17NO2S/c1-10-8-11(2)15(9-10)14(17)13-6-5-12(18-13)4-3-7-16/h5-6,10-11,16H,7-9H2,1-2H3. The van der Waals surface area contributed by atoms with Crippen LogP contribution in [0.25, 0.3) is 0 Å². The van der Waals surface area contributed by atoms with Crippen molar-refractivity contribution in [3.63, 3.8) is 0 Å². The maximum absolute atomic E-state index is 12.3. The number of likely N-dealkylation sites (tertiary alicyclic amines) is 1. The van der Waals surface area contributed by atoms with E-state index in [-0.39, 0.29) is 12.5 Å². The van der Waals surface area contributed by atoms with Crippen molar-refractivity contribution in [3.8, 4) is 11.8 Å². The highest BCUT2D eigenvalue weighted by atomic mass is 32.1. The zero-order valence-corrected chi connectivity index (χ0v) is 11.5. The molecule has 1 aromatic heterocycles. The number of amides is 1. The number of hydrogen-bond acceptors (Lipinski definition) is 3. The van der Waals surface area contributed by atoms with Gasteiger partial charge in [0.05, 0.1) is 9.75 Å². The fraction of sp³-hybridized carbons (Fsp3) is 0.500. The first kappa shape index (κ1) is 13.1. The minimum Gasteiger partial charge on any atom is -0.384 e. The molecule has 96 valence electrons. The Labute approximate surface area is 111 Å². The maximum atomic E-state index is 12.3. The highest BCUT2D eigenvalue weighted by Gasteiger charge is 2.30. The fourth-order valence-electron chi connectivity index (χ4n) is 2.37. The van der Waals surface area contributed by atoms with Crippen LogP contribution in [0.5, 0.6) is 0 Å². The lowest BCUT2D eigenvalue weighted by Crippen LogP contribution is -2.33. The smallest absolute Gasteiger partial charge is 0.264 e. The van der Waals surface area contributed by atoms with Crippen LogP contribution in [0.3, 0.4) is 0 Å². The molecule has 1 N–H and O–H groups in total. The normalized spacial score (nSPS) is 22.7. The summed E-state index contributed by atoms with van der Waals surface area (Å²) < 4.78 is 0. The van der Waals surface area contributed by atoms with Crippen LogP contribution in [0.15, 0.2) is 12.1 Å². The summed E-state index contributed by atoms with van der Waals surface area (Å²) in [5, 5.41) is 8.64. The summed E-state index contributed by atoms with van der Waals surface area (Å²) in [7, 11) is 0. The molecule has 2 unspecified atom stereocenters. The van der Waals surface area contributed by atoms with Crippen molar-refractivity contribution in [3.05, 3.63) is 21.9 Å². The molecular weight excluding hydrogens is 246 g/mol. The number of nitrogens with zero attached hydrogens (tertiary/aromatic N) is 1. The second-order valence-electron chi connectivity index (χ2n) is 4.77. The zero-order chi connectivity index (χ0) is 13.1. The van der Waals surface area contributed by atoms with Gasteiger partial charge in [-0.05, 0) is 31.4 Å². The summed E-state index contributed by atoms with van der Waals surface area (Å²) in [5.74, 6) is 6.11. The Kier molecular flexibility index (Phi) is 4.05. The van der Waals surface area contributed by atoms with E-state index in [0.29, 0.717) is 12.0 Å². The van der Waals surface area contributed by atoms with E-state index in [1.165, 1.54) is 11.3 Å². The van der Waals surface area contributed by atoms with E-state index in [4.69, 9.17) is 5.11 Å². The molecule has 1 fully saturated rings. The molecule has 1 aliphatic rings. The number of hydrogen-bond donors (Lipinski definition) is 1. The average Bonchev–Trinajstić information content (AvgIpc) is 2.92. The minimum absolute atomic E-state index is 0.105. The molecule has 0 aromatic carbocycles. The lowest BCUT2D eigenvalue weighted by atomic mass is 10.1. The van der Waals surface area contributed by atoms with Crippen molar-refractivity contribution >= 4 is 17.2 Å². The van der Waals surface area contributed by atoms with E-state index in [9.17, 15) is 4.79 Å². The van der Waals surface area contributed by atoms with Gasteiger partial charge in [-0.25, -0.2) is 0 Å². The number of carbonyl (C=O) groups excluding carboxylic acids is 1. The first-order chi connectivity index (χ1) is 8.61. The molecular formula is C14H17NO2S. The lowest BCUT2D eigenvalue weighted by Gasteiger charge is -2.20. The summed E-state index contributed by atoms with van der Waals surface area (Å²) in [5.41, 5.74) is 0. The molecule has 1 aromatic rings. The molecule has 2 rings (SSSR count). The number of thiophene rings is 1. The molecule has 0 spiro atoms. The molecule has 1 saturated heterocycles. The molecule has 1 aliphatic heterocycles. The molecule has 0 bridgehead atoms. The van der Waals surface area contributed by atoms with Crippen molar-refractivity contribution < 1.29 is 9.90 Å². The molecule has 0 aliphatic carbocycles. The van der Waals surface area contributed by atoms with Gasteiger partial charge in [-0.1, -0.05) is 18.8 Å². The Bertz CT molecular complexity index is 497. The van der Waals surface area contributed by atoms with Crippen LogP contribution in [-0.4, -0.2) is 35.1 Å². The second kappa shape index (κ2) is 5.55. The van der Waals surface area contributed by atoms with Gasteiger partial charge in [0.15, 0.2) is 0 Å². The summed E-state index contributed by atoms with van der Waals surface area (Å²) in [6.45, 7) is 4.97. The van der Waals surface area contributed by atoms with Crippen molar-refractivity contribution in [2.24, 2.45) is 5.92 Å².